The van der Waals surface area contributed by atoms with Crippen LogP contribution in [-0.2, 0) is 33.2 Å². The fourth-order valence-electron chi connectivity index (χ4n) is 15.5. The summed E-state index contributed by atoms with van der Waals surface area (Å²) in [5.41, 5.74) is -1.53. The van der Waals surface area contributed by atoms with Crippen LogP contribution in [0.5, 0.6) is 0 Å². The Morgan fingerprint density at radius 2 is 1.21 bits per heavy atom. The van der Waals surface area contributed by atoms with Gasteiger partial charge in [0.15, 0.2) is 18.9 Å². The summed E-state index contributed by atoms with van der Waals surface area (Å²) in [4.78, 5) is 0. The molecule has 3 saturated heterocycles. The van der Waals surface area contributed by atoms with Crippen molar-refractivity contribution in [2.45, 2.75) is 210 Å². The highest BCUT2D eigenvalue weighted by molar-refractivity contribution is 5.37. The predicted molar refractivity (Wildman–Crippen MR) is 238 cm³/mol. The first kappa shape index (κ1) is 53.3. The molecule has 0 spiro atoms. The van der Waals surface area contributed by atoms with Crippen LogP contribution >= 0.6 is 0 Å². The number of hydrogen-bond donors (Lipinski definition) is 12. The highest BCUT2D eigenvalue weighted by atomic mass is 16.8. The maximum Gasteiger partial charge on any atom is 0.187 e. The Kier molecular flexibility index (Phi) is 14.9. The lowest BCUT2D eigenvalue weighted by Crippen LogP contribution is -2.70. The predicted octanol–water partition coefficient (Wildman–Crippen LogP) is -0.790. The van der Waals surface area contributed by atoms with Crippen LogP contribution in [0.25, 0.3) is 0 Å². The van der Waals surface area contributed by atoms with Crippen molar-refractivity contribution >= 4 is 0 Å². The molecule has 5 aliphatic carbocycles. The Hall–Kier alpha value is -1.02. The zero-order valence-electron chi connectivity index (χ0n) is 40.9. The Morgan fingerprint density at radius 3 is 1.75 bits per heavy atom. The van der Waals surface area contributed by atoms with Crippen LogP contribution in [-0.4, -0.2) is 205 Å². The molecule has 3 aliphatic heterocycles. The van der Waals surface area contributed by atoms with E-state index in [-0.39, 0.29) is 47.9 Å². The molecule has 0 aromatic rings. The fraction of sp³-hybridized carbons (Fsp3) is 0.959. The number of allylic oxidation sites excluding steroid dienone is 1. The first-order chi connectivity index (χ1) is 31.9. The van der Waals surface area contributed by atoms with E-state index in [9.17, 15) is 61.3 Å². The van der Waals surface area contributed by atoms with Crippen molar-refractivity contribution in [3.05, 3.63) is 11.6 Å². The quantitative estimate of drug-likeness (QED) is 0.0892. The van der Waals surface area contributed by atoms with Gasteiger partial charge in [0.05, 0.1) is 50.8 Å². The van der Waals surface area contributed by atoms with Crippen LogP contribution in [0, 0.1) is 50.2 Å². The average molecular weight is 975 g/mol. The first-order valence-electron chi connectivity index (χ1n) is 24.9. The molecular formula is C49H82O19. The molecule has 0 radical (unpaired) electrons. The van der Waals surface area contributed by atoms with Crippen LogP contribution in [0.1, 0.15) is 99.8 Å². The second-order valence-corrected chi connectivity index (χ2v) is 23.8. The van der Waals surface area contributed by atoms with E-state index < -0.39 is 139 Å². The van der Waals surface area contributed by atoms with Gasteiger partial charge in [0.25, 0.3) is 0 Å². The molecule has 19 heteroatoms. The number of ether oxygens (including phenoxy) is 7. The third-order valence-corrected chi connectivity index (χ3v) is 19.8. The maximum atomic E-state index is 12.2. The van der Waals surface area contributed by atoms with Crippen LogP contribution in [0.2, 0.25) is 0 Å². The summed E-state index contributed by atoms with van der Waals surface area (Å²) in [5, 5.41) is 131. The lowest BCUT2D eigenvalue weighted by atomic mass is 9.32. The van der Waals surface area contributed by atoms with E-state index in [4.69, 9.17) is 33.2 Å². The summed E-state index contributed by atoms with van der Waals surface area (Å²) in [5.74, 6) is -0.255. The Morgan fingerprint density at radius 1 is 0.618 bits per heavy atom. The van der Waals surface area contributed by atoms with Crippen LogP contribution in [0.3, 0.4) is 0 Å². The molecule has 0 amide bonds. The first-order valence-corrected chi connectivity index (χ1v) is 24.9. The summed E-state index contributed by atoms with van der Waals surface area (Å²) < 4.78 is 43.8. The van der Waals surface area contributed by atoms with Crippen molar-refractivity contribution in [2.75, 3.05) is 33.5 Å². The van der Waals surface area contributed by atoms with Gasteiger partial charge in [-0.25, -0.2) is 0 Å². The van der Waals surface area contributed by atoms with Gasteiger partial charge >= 0.3 is 0 Å². The fourth-order valence-corrected chi connectivity index (χ4v) is 15.5. The number of methoxy groups -OCH3 is 1. The minimum atomic E-state index is -1.90. The SMILES string of the molecule is CO[C@H]1C=C2[C@@H]3CC(C)(C)CC[C@]3(CO)[C@H](O)C[C@@]2(C)[C@]2(C)CC[C@@H]3[C@@](C)(CO)[C@H](O[C@@H]4O[C@H](C)[C@@H](O)[C@H](O[C@H]5O[C@@H](CO)[C@H](O)[C@@H](O)[C@@H]5O)[C@H]4O[C@@H]4O[C@H](CO)[C@@H](O)[C@H](O)[C@H]4O)CC[C@@]3(C)[C@H]12. The highest BCUT2D eigenvalue weighted by Crippen LogP contribution is 2.76. The summed E-state index contributed by atoms with van der Waals surface area (Å²) in [6.07, 6.45) is -18.5. The Labute approximate surface area is 399 Å². The van der Waals surface area contributed by atoms with E-state index in [0.29, 0.717) is 25.7 Å². The average Bonchev–Trinajstić information content (AvgIpc) is 3.30. The highest BCUT2D eigenvalue weighted by Gasteiger charge is 2.72. The van der Waals surface area contributed by atoms with Gasteiger partial charge < -0.3 is 94.4 Å². The van der Waals surface area contributed by atoms with Crippen molar-refractivity contribution < 1.29 is 94.4 Å². The Bertz CT molecular complexity index is 1800. The number of aliphatic hydroxyl groups excluding tert-OH is 12. The van der Waals surface area contributed by atoms with Gasteiger partial charge in [-0.05, 0) is 91.8 Å². The monoisotopic (exact) mass is 975 g/mol. The summed E-state index contributed by atoms with van der Waals surface area (Å²) >= 11 is 0. The lowest BCUT2D eigenvalue weighted by Gasteiger charge is -2.73. The zero-order chi connectivity index (χ0) is 49.8. The molecule has 3 heterocycles. The summed E-state index contributed by atoms with van der Waals surface area (Å²) in [6.45, 7) is 13.1. The third-order valence-electron chi connectivity index (χ3n) is 19.8. The molecule has 7 fully saturated rings. The van der Waals surface area contributed by atoms with Gasteiger partial charge in [-0.15, -0.1) is 0 Å². The van der Waals surface area contributed by atoms with Gasteiger partial charge in [0.2, 0.25) is 0 Å². The molecule has 392 valence electrons. The largest absolute Gasteiger partial charge is 0.396 e. The standard InChI is InChI=1S/C49H82O19/c1-22-31(55)38(67-41-36(60)34(58)32(56)26(18-50)64-41)39(68-42-37(61)35(59)33(57)27(19-51)65-42)43(63-22)66-30-10-11-45(4)28(46(30,5)20-52)9-12-47(6)40(45)25(62-8)15-23-24-16-44(2,3)13-14-49(24,21-53)29(54)17-48(23,47)7/h15,22,24-43,50-61H,9-14,16-21H2,1-8H3/t22-,24+,25+,26+,27-,28+,29-,30-,31-,32+,33-,34-,35+,36+,37-,38+,39-,40+,41-,42+,43+,45-,46-,47-,48-,49-/m1/s1. The van der Waals surface area contributed by atoms with Gasteiger partial charge in [0, 0.05) is 23.9 Å². The molecule has 68 heavy (non-hydrogen) atoms. The molecule has 8 aliphatic rings. The molecule has 0 aromatic heterocycles. The third kappa shape index (κ3) is 8.12. The van der Waals surface area contributed by atoms with Crippen LogP contribution in [0.15, 0.2) is 11.6 Å². The number of hydrogen-bond acceptors (Lipinski definition) is 19. The second-order valence-electron chi connectivity index (χ2n) is 23.8. The molecular weight excluding hydrogens is 893 g/mol. The van der Waals surface area contributed by atoms with E-state index >= 15 is 0 Å². The lowest BCUT2D eigenvalue weighted by molar-refractivity contribution is -0.398. The molecule has 0 unspecified atom stereocenters. The van der Waals surface area contributed by atoms with Crippen molar-refractivity contribution in [3.8, 4) is 0 Å². The second kappa shape index (κ2) is 19.0. The van der Waals surface area contributed by atoms with E-state index in [1.165, 1.54) is 12.5 Å². The van der Waals surface area contributed by atoms with Gasteiger partial charge in [-0.3, -0.25) is 0 Å². The van der Waals surface area contributed by atoms with Crippen LogP contribution < -0.4 is 0 Å². The molecule has 26 atom stereocenters. The van der Waals surface area contributed by atoms with Gasteiger partial charge in [-0.2, -0.15) is 0 Å². The smallest absolute Gasteiger partial charge is 0.187 e. The van der Waals surface area contributed by atoms with E-state index in [1.807, 2.05) is 6.92 Å². The Balaban J connectivity index is 1.13. The maximum absolute atomic E-state index is 12.2. The molecule has 19 nitrogen and oxygen atoms in total. The van der Waals surface area contributed by atoms with Gasteiger partial charge in [0.1, 0.15) is 67.1 Å². The van der Waals surface area contributed by atoms with Crippen molar-refractivity contribution in [2.24, 2.45) is 50.2 Å². The van der Waals surface area contributed by atoms with Crippen LogP contribution in [0.4, 0.5) is 0 Å². The summed E-state index contributed by atoms with van der Waals surface area (Å²) in [6, 6.07) is 0. The van der Waals surface area contributed by atoms with Crippen molar-refractivity contribution in [3.63, 3.8) is 0 Å². The molecule has 0 bridgehead atoms. The molecule has 4 saturated carbocycles. The van der Waals surface area contributed by atoms with E-state index in [0.717, 1.165) is 25.7 Å². The minimum absolute atomic E-state index is 0.0241. The molecule has 0 aromatic carbocycles. The summed E-state index contributed by atoms with van der Waals surface area (Å²) in [7, 11) is 1.74. The number of aliphatic hydroxyl groups is 12. The molecule has 12 N–H and O–H groups in total. The number of fused-ring (bicyclic) bond motifs is 7. The normalized spacial score (nSPS) is 55.8. The van der Waals surface area contributed by atoms with Gasteiger partial charge in [-0.1, -0.05) is 53.2 Å². The number of rotatable bonds is 11. The van der Waals surface area contributed by atoms with E-state index in [1.54, 1.807) is 7.11 Å². The molecule has 8 rings (SSSR count). The van der Waals surface area contributed by atoms with Crippen molar-refractivity contribution in [1.82, 2.24) is 0 Å². The van der Waals surface area contributed by atoms with E-state index in [2.05, 4.69) is 40.7 Å². The topological polar surface area (TPSA) is 307 Å². The zero-order valence-corrected chi connectivity index (χ0v) is 40.9. The van der Waals surface area contributed by atoms with Crippen molar-refractivity contribution in [1.29, 1.82) is 0 Å². The minimum Gasteiger partial charge on any atom is -0.396 e.